The van der Waals surface area contributed by atoms with Gasteiger partial charge in [-0.15, -0.1) is 0 Å². The van der Waals surface area contributed by atoms with Gasteiger partial charge in [0.2, 0.25) is 0 Å². The second kappa shape index (κ2) is 11.1. The molecule has 0 aromatic heterocycles. The molecule has 2 aromatic carbocycles. The molecule has 0 spiro atoms. The lowest BCUT2D eigenvalue weighted by Gasteiger charge is -2.15. The van der Waals surface area contributed by atoms with E-state index in [2.05, 4.69) is 10.6 Å². The van der Waals surface area contributed by atoms with Gasteiger partial charge in [-0.2, -0.15) is 0 Å². The number of carbonyl (C=O) groups excluding carboxylic acids is 2. The lowest BCUT2D eigenvalue weighted by Crippen LogP contribution is -2.25. The molecule has 0 aliphatic rings. The second-order valence-electron chi connectivity index (χ2n) is 5.74. The van der Waals surface area contributed by atoms with Crippen LogP contribution in [0.2, 0.25) is 5.02 Å². The highest BCUT2D eigenvalue weighted by atomic mass is 35.5. The van der Waals surface area contributed by atoms with E-state index in [0.29, 0.717) is 40.1 Å². The molecule has 0 heterocycles. The largest absolute Gasteiger partial charge is 0.493 e. The molecule has 2 amide bonds. The standard InChI is InChI=1S/C20H23ClN2O6/c1-22-18(24)12-29-16-8-7-13(11-17(16)27-3)20(25)23-15-6-4-5-14(21)19(15)28-10-9-26-2/h4-8,11H,9-10,12H2,1-3H3,(H,22,24)(H,23,25). The summed E-state index contributed by atoms with van der Waals surface area (Å²) < 4.78 is 21.3. The van der Waals surface area contributed by atoms with Gasteiger partial charge in [-0.3, -0.25) is 9.59 Å². The molecule has 0 aliphatic heterocycles. The van der Waals surface area contributed by atoms with Crippen molar-refractivity contribution >= 4 is 29.1 Å². The summed E-state index contributed by atoms with van der Waals surface area (Å²) in [6, 6.07) is 9.70. The number of methoxy groups -OCH3 is 2. The van der Waals surface area contributed by atoms with E-state index in [-0.39, 0.29) is 25.0 Å². The van der Waals surface area contributed by atoms with Gasteiger partial charge in [0.05, 0.1) is 24.4 Å². The van der Waals surface area contributed by atoms with Crippen molar-refractivity contribution in [2.75, 3.05) is 46.4 Å². The molecule has 0 fully saturated rings. The van der Waals surface area contributed by atoms with Gasteiger partial charge in [0.15, 0.2) is 23.9 Å². The summed E-state index contributed by atoms with van der Waals surface area (Å²) in [6.45, 7) is 0.505. The van der Waals surface area contributed by atoms with Crippen molar-refractivity contribution in [2.24, 2.45) is 0 Å². The number of para-hydroxylation sites is 1. The predicted octanol–water partition coefficient (Wildman–Crippen LogP) is 2.75. The molecule has 0 saturated carbocycles. The molecule has 9 heteroatoms. The highest BCUT2D eigenvalue weighted by molar-refractivity contribution is 6.32. The number of nitrogens with one attached hydrogen (secondary N) is 2. The van der Waals surface area contributed by atoms with Crippen LogP contribution in [0.4, 0.5) is 5.69 Å². The van der Waals surface area contributed by atoms with Gasteiger partial charge in [-0.25, -0.2) is 0 Å². The van der Waals surface area contributed by atoms with Crippen LogP contribution < -0.4 is 24.8 Å². The predicted molar refractivity (Wildman–Crippen MR) is 109 cm³/mol. The quantitative estimate of drug-likeness (QED) is 0.572. The number of amides is 2. The molecule has 2 rings (SSSR count). The molecule has 0 bridgehead atoms. The van der Waals surface area contributed by atoms with Crippen molar-refractivity contribution in [1.82, 2.24) is 5.32 Å². The van der Waals surface area contributed by atoms with E-state index < -0.39 is 0 Å². The van der Waals surface area contributed by atoms with Crippen molar-refractivity contribution in [3.63, 3.8) is 0 Å². The second-order valence-corrected chi connectivity index (χ2v) is 6.15. The van der Waals surface area contributed by atoms with Crippen LogP contribution in [0.1, 0.15) is 10.4 Å². The fourth-order valence-electron chi connectivity index (χ4n) is 2.32. The molecule has 2 N–H and O–H groups in total. The molecular weight excluding hydrogens is 400 g/mol. The van der Waals surface area contributed by atoms with E-state index in [0.717, 1.165) is 0 Å². The number of ether oxygens (including phenoxy) is 4. The number of benzene rings is 2. The number of hydrogen-bond acceptors (Lipinski definition) is 6. The van der Waals surface area contributed by atoms with E-state index in [1.807, 2.05) is 0 Å². The Bertz CT molecular complexity index is 859. The van der Waals surface area contributed by atoms with Crippen LogP contribution in [-0.4, -0.2) is 52.9 Å². The van der Waals surface area contributed by atoms with Gasteiger partial charge in [0.25, 0.3) is 11.8 Å². The van der Waals surface area contributed by atoms with Crippen molar-refractivity contribution in [2.45, 2.75) is 0 Å². The maximum Gasteiger partial charge on any atom is 0.257 e. The zero-order valence-electron chi connectivity index (χ0n) is 16.4. The third-order valence-corrected chi connectivity index (χ3v) is 4.11. The van der Waals surface area contributed by atoms with Crippen molar-refractivity contribution < 1.29 is 28.5 Å². The zero-order chi connectivity index (χ0) is 21.2. The van der Waals surface area contributed by atoms with Crippen LogP contribution in [0.3, 0.4) is 0 Å². The van der Waals surface area contributed by atoms with Crippen molar-refractivity contribution in [3.05, 3.63) is 47.0 Å². The van der Waals surface area contributed by atoms with Gasteiger partial charge >= 0.3 is 0 Å². The first-order valence-electron chi connectivity index (χ1n) is 8.73. The molecule has 29 heavy (non-hydrogen) atoms. The molecule has 8 nitrogen and oxygen atoms in total. The van der Waals surface area contributed by atoms with Crippen LogP contribution in [0.15, 0.2) is 36.4 Å². The summed E-state index contributed by atoms with van der Waals surface area (Å²) in [7, 11) is 4.52. The molecule has 0 radical (unpaired) electrons. The fraction of sp³-hybridized carbons (Fsp3) is 0.300. The first-order valence-corrected chi connectivity index (χ1v) is 9.11. The lowest BCUT2D eigenvalue weighted by atomic mass is 10.1. The summed E-state index contributed by atoms with van der Waals surface area (Å²) in [5.41, 5.74) is 0.759. The summed E-state index contributed by atoms with van der Waals surface area (Å²) in [6.07, 6.45) is 0. The monoisotopic (exact) mass is 422 g/mol. The zero-order valence-corrected chi connectivity index (χ0v) is 17.2. The van der Waals surface area contributed by atoms with Crippen LogP contribution in [0.5, 0.6) is 17.2 Å². The Kier molecular flexibility index (Phi) is 8.57. The Morgan fingerprint density at radius 3 is 2.52 bits per heavy atom. The number of carbonyl (C=O) groups is 2. The van der Waals surface area contributed by atoms with E-state index in [1.54, 1.807) is 37.4 Å². The lowest BCUT2D eigenvalue weighted by molar-refractivity contribution is -0.122. The third-order valence-electron chi connectivity index (χ3n) is 3.81. The van der Waals surface area contributed by atoms with E-state index in [1.165, 1.54) is 20.2 Å². The molecular formula is C20H23ClN2O6. The first kappa shape index (κ1) is 22.3. The minimum absolute atomic E-state index is 0.164. The first-order chi connectivity index (χ1) is 14.0. The van der Waals surface area contributed by atoms with Gasteiger partial charge in [0, 0.05) is 19.7 Å². The maximum absolute atomic E-state index is 12.7. The van der Waals surface area contributed by atoms with Crippen molar-refractivity contribution in [1.29, 1.82) is 0 Å². The van der Waals surface area contributed by atoms with E-state index in [4.69, 9.17) is 30.5 Å². The average Bonchev–Trinajstić information content (AvgIpc) is 2.73. The Morgan fingerprint density at radius 1 is 1.03 bits per heavy atom. The normalized spacial score (nSPS) is 10.2. The minimum Gasteiger partial charge on any atom is -0.493 e. The molecule has 0 aliphatic carbocycles. The summed E-state index contributed by atoms with van der Waals surface area (Å²) in [5, 5.41) is 5.60. The molecule has 0 saturated heterocycles. The number of likely N-dealkylation sites (N-methyl/N-ethyl adjacent to an activating group) is 1. The topological polar surface area (TPSA) is 95.1 Å². The highest BCUT2D eigenvalue weighted by Gasteiger charge is 2.15. The van der Waals surface area contributed by atoms with Crippen LogP contribution in [0, 0.1) is 0 Å². The van der Waals surface area contributed by atoms with Crippen molar-refractivity contribution in [3.8, 4) is 17.2 Å². The highest BCUT2D eigenvalue weighted by Crippen LogP contribution is 2.34. The fourth-order valence-corrected chi connectivity index (χ4v) is 2.55. The third kappa shape index (κ3) is 6.27. The molecule has 2 aromatic rings. The van der Waals surface area contributed by atoms with Crippen LogP contribution in [-0.2, 0) is 9.53 Å². The SMILES string of the molecule is CNC(=O)COc1ccc(C(=O)Nc2cccc(Cl)c2OCCOC)cc1OC. The Morgan fingerprint density at radius 2 is 1.83 bits per heavy atom. The summed E-state index contributed by atoms with van der Waals surface area (Å²) in [5.74, 6) is 0.358. The summed E-state index contributed by atoms with van der Waals surface area (Å²) in [4.78, 5) is 24.0. The number of hydrogen-bond donors (Lipinski definition) is 2. The van der Waals surface area contributed by atoms with Crippen LogP contribution >= 0.6 is 11.6 Å². The van der Waals surface area contributed by atoms with Crippen LogP contribution in [0.25, 0.3) is 0 Å². The van der Waals surface area contributed by atoms with Gasteiger partial charge in [-0.05, 0) is 30.3 Å². The van der Waals surface area contributed by atoms with E-state index >= 15 is 0 Å². The maximum atomic E-state index is 12.7. The molecule has 0 unspecified atom stereocenters. The minimum atomic E-state index is -0.389. The Hall–Kier alpha value is -2.97. The van der Waals surface area contributed by atoms with E-state index in [9.17, 15) is 9.59 Å². The molecule has 156 valence electrons. The summed E-state index contributed by atoms with van der Waals surface area (Å²) >= 11 is 6.19. The van der Waals surface area contributed by atoms with Gasteiger partial charge in [-0.1, -0.05) is 17.7 Å². The number of halogens is 1. The Balaban J connectivity index is 2.16. The van der Waals surface area contributed by atoms with Gasteiger partial charge < -0.3 is 29.6 Å². The Labute approximate surface area is 174 Å². The van der Waals surface area contributed by atoms with Gasteiger partial charge in [0.1, 0.15) is 6.61 Å². The molecule has 0 atom stereocenters. The number of anilines is 1. The average molecular weight is 423 g/mol. The smallest absolute Gasteiger partial charge is 0.257 e. The number of rotatable bonds is 10.